The van der Waals surface area contributed by atoms with E-state index >= 15 is 0 Å². The quantitative estimate of drug-likeness (QED) is 0.777. The Bertz CT molecular complexity index is 445. The lowest BCUT2D eigenvalue weighted by molar-refractivity contribution is -0.115. The highest BCUT2D eigenvalue weighted by atomic mass is 32.2. The molecule has 2 rings (SSSR count). The molecule has 15 heavy (non-hydrogen) atoms. The van der Waals surface area contributed by atoms with Gasteiger partial charge in [0.05, 0.1) is 11.2 Å². The zero-order chi connectivity index (χ0) is 10.7. The molecule has 0 radical (unpaired) electrons. The smallest absolute Gasteiger partial charge is 0.290 e. The molecule has 0 unspecified atom stereocenters. The predicted molar refractivity (Wildman–Crippen MR) is 57.0 cm³/mol. The van der Waals surface area contributed by atoms with Gasteiger partial charge in [0.2, 0.25) is 0 Å². The van der Waals surface area contributed by atoms with Gasteiger partial charge in [-0.25, -0.2) is 0 Å². The van der Waals surface area contributed by atoms with Crippen LogP contribution in [0.5, 0.6) is 0 Å². The molecule has 0 atom stereocenters. The average Bonchev–Trinajstić information content (AvgIpc) is 2.77. The summed E-state index contributed by atoms with van der Waals surface area (Å²) >= 11 is 0.891. The van der Waals surface area contributed by atoms with Crippen LogP contribution in [0.4, 0.5) is 4.79 Å². The van der Waals surface area contributed by atoms with Crippen LogP contribution in [0.2, 0.25) is 0 Å². The molecule has 1 aromatic rings. The van der Waals surface area contributed by atoms with Crippen molar-refractivity contribution in [2.75, 3.05) is 0 Å². The van der Waals surface area contributed by atoms with E-state index in [1.807, 2.05) is 0 Å². The van der Waals surface area contributed by atoms with Crippen molar-refractivity contribution in [1.29, 1.82) is 0 Å². The SMILES string of the molecule is O=C1NC(=O)/C(=C/C=C/c2ccco2)S1. The Hall–Kier alpha value is -1.75. The normalized spacial score (nSPS) is 19.1. The third-order valence-corrected chi connectivity index (χ3v) is 2.52. The zero-order valence-electron chi connectivity index (χ0n) is 7.60. The molecule has 1 aliphatic heterocycles. The summed E-state index contributed by atoms with van der Waals surface area (Å²) in [7, 11) is 0. The van der Waals surface area contributed by atoms with Crippen molar-refractivity contribution in [3.8, 4) is 0 Å². The van der Waals surface area contributed by atoms with Crippen LogP contribution in [0.1, 0.15) is 5.76 Å². The van der Waals surface area contributed by atoms with Crippen LogP contribution < -0.4 is 5.32 Å². The fourth-order valence-corrected chi connectivity index (χ4v) is 1.69. The minimum absolute atomic E-state index is 0.336. The molecule has 1 N–H and O–H groups in total. The monoisotopic (exact) mass is 221 g/mol. The van der Waals surface area contributed by atoms with Crippen molar-refractivity contribution >= 4 is 29.0 Å². The summed E-state index contributed by atoms with van der Waals surface area (Å²) in [4.78, 5) is 22.3. The van der Waals surface area contributed by atoms with Crippen LogP contribution in [0, 0.1) is 0 Å². The van der Waals surface area contributed by atoms with Gasteiger partial charge in [-0.05, 0) is 36.0 Å². The van der Waals surface area contributed by atoms with Crippen LogP contribution in [-0.2, 0) is 4.79 Å². The largest absolute Gasteiger partial charge is 0.465 e. The summed E-state index contributed by atoms with van der Waals surface area (Å²) in [6.45, 7) is 0. The van der Waals surface area contributed by atoms with E-state index in [2.05, 4.69) is 5.32 Å². The molecule has 5 heteroatoms. The standard InChI is InChI=1S/C10H7NO3S/c12-9-8(15-10(13)11-9)5-1-3-7-4-2-6-14-7/h1-6H,(H,11,12,13)/b3-1+,8-5-. The Morgan fingerprint density at radius 2 is 2.27 bits per heavy atom. The van der Waals surface area contributed by atoms with Gasteiger partial charge in [-0.2, -0.15) is 0 Å². The van der Waals surface area contributed by atoms with Gasteiger partial charge in [0, 0.05) is 0 Å². The first-order chi connectivity index (χ1) is 7.25. The summed E-state index contributed by atoms with van der Waals surface area (Å²) in [5.74, 6) is 0.343. The highest BCUT2D eigenvalue weighted by Gasteiger charge is 2.24. The Morgan fingerprint density at radius 1 is 1.40 bits per heavy atom. The van der Waals surface area contributed by atoms with E-state index in [1.165, 1.54) is 0 Å². The maximum Gasteiger partial charge on any atom is 0.290 e. The summed E-state index contributed by atoms with van der Waals surface area (Å²) in [6.07, 6.45) is 6.52. The fourth-order valence-electron chi connectivity index (χ4n) is 1.05. The zero-order valence-corrected chi connectivity index (χ0v) is 8.41. The van der Waals surface area contributed by atoms with Crippen LogP contribution in [0.3, 0.4) is 0 Å². The molecule has 76 valence electrons. The van der Waals surface area contributed by atoms with Gasteiger partial charge >= 0.3 is 0 Å². The highest BCUT2D eigenvalue weighted by Crippen LogP contribution is 2.22. The second kappa shape index (κ2) is 4.18. The van der Waals surface area contributed by atoms with Gasteiger partial charge in [0.25, 0.3) is 11.1 Å². The van der Waals surface area contributed by atoms with Crippen LogP contribution >= 0.6 is 11.8 Å². The van der Waals surface area contributed by atoms with Crippen molar-refractivity contribution in [2.24, 2.45) is 0 Å². The molecular weight excluding hydrogens is 214 g/mol. The van der Waals surface area contributed by atoms with Gasteiger partial charge < -0.3 is 4.42 Å². The van der Waals surface area contributed by atoms with Gasteiger partial charge in [-0.1, -0.05) is 6.08 Å². The van der Waals surface area contributed by atoms with Gasteiger partial charge in [0.1, 0.15) is 5.76 Å². The number of rotatable bonds is 2. The second-order valence-corrected chi connectivity index (χ2v) is 3.76. The van der Waals surface area contributed by atoms with Crippen molar-refractivity contribution in [3.05, 3.63) is 41.2 Å². The van der Waals surface area contributed by atoms with Crippen LogP contribution in [0.15, 0.2) is 39.9 Å². The van der Waals surface area contributed by atoms with E-state index in [4.69, 9.17) is 4.42 Å². The van der Waals surface area contributed by atoms with E-state index in [9.17, 15) is 9.59 Å². The molecule has 0 aliphatic carbocycles. The number of amides is 2. The first-order valence-corrected chi connectivity index (χ1v) is 5.02. The Morgan fingerprint density at radius 3 is 2.87 bits per heavy atom. The lowest BCUT2D eigenvalue weighted by Gasteiger charge is -1.85. The second-order valence-electron chi connectivity index (χ2n) is 2.75. The molecule has 2 amide bonds. The molecule has 0 aromatic carbocycles. The van der Waals surface area contributed by atoms with Crippen molar-refractivity contribution in [1.82, 2.24) is 5.32 Å². The number of hydrogen-bond donors (Lipinski definition) is 1. The third kappa shape index (κ3) is 2.38. The van der Waals surface area contributed by atoms with E-state index in [0.29, 0.717) is 10.7 Å². The lowest BCUT2D eigenvalue weighted by Crippen LogP contribution is -2.17. The molecular formula is C10H7NO3S. The summed E-state index contributed by atoms with van der Waals surface area (Å²) in [6, 6.07) is 3.56. The van der Waals surface area contributed by atoms with Crippen molar-refractivity contribution in [2.45, 2.75) is 0 Å². The highest BCUT2D eigenvalue weighted by molar-refractivity contribution is 8.18. The Balaban J connectivity index is 2.06. The minimum atomic E-state index is -0.353. The molecule has 2 heterocycles. The van der Waals surface area contributed by atoms with Gasteiger partial charge in [0.15, 0.2) is 0 Å². The molecule has 1 saturated heterocycles. The number of furan rings is 1. The van der Waals surface area contributed by atoms with Gasteiger partial charge in [-0.3, -0.25) is 14.9 Å². The summed E-state index contributed by atoms with van der Waals surface area (Å²) in [5.41, 5.74) is 0. The van der Waals surface area contributed by atoms with Crippen molar-refractivity contribution < 1.29 is 14.0 Å². The minimum Gasteiger partial charge on any atom is -0.465 e. The number of thioether (sulfide) groups is 1. The number of nitrogens with one attached hydrogen (secondary N) is 1. The van der Waals surface area contributed by atoms with Crippen molar-refractivity contribution in [3.63, 3.8) is 0 Å². The van der Waals surface area contributed by atoms with E-state index < -0.39 is 0 Å². The van der Waals surface area contributed by atoms with E-state index in [0.717, 1.165) is 11.8 Å². The maximum absolute atomic E-state index is 11.1. The van der Waals surface area contributed by atoms with E-state index in [1.54, 1.807) is 36.6 Å². The maximum atomic E-state index is 11.1. The molecule has 0 bridgehead atoms. The molecule has 1 aliphatic rings. The topological polar surface area (TPSA) is 59.3 Å². The number of carbonyl (C=O) groups excluding carboxylic acids is 2. The first-order valence-electron chi connectivity index (χ1n) is 4.21. The number of imide groups is 1. The van der Waals surface area contributed by atoms with Crippen LogP contribution in [-0.4, -0.2) is 11.1 Å². The molecule has 4 nitrogen and oxygen atoms in total. The Labute approximate surface area is 90.0 Å². The number of allylic oxidation sites excluding steroid dienone is 2. The number of hydrogen-bond acceptors (Lipinski definition) is 4. The average molecular weight is 221 g/mol. The van der Waals surface area contributed by atoms with E-state index in [-0.39, 0.29) is 11.1 Å². The predicted octanol–water partition coefficient (Wildman–Crippen LogP) is 2.16. The molecule has 0 saturated carbocycles. The molecule has 0 spiro atoms. The molecule has 1 fully saturated rings. The first kappa shape index (κ1) is 9.79. The number of carbonyl (C=O) groups is 2. The van der Waals surface area contributed by atoms with Crippen LogP contribution in [0.25, 0.3) is 6.08 Å². The third-order valence-electron chi connectivity index (χ3n) is 1.69. The fraction of sp³-hybridized carbons (Fsp3) is 0. The lowest BCUT2D eigenvalue weighted by atomic mass is 10.3. The Kier molecular flexibility index (Phi) is 2.73. The molecule has 1 aromatic heterocycles. The van der Waals surface area contributed by atoms with Gasteiger partial charge in [-0.15, -0.1) is 0 Å². The summed E-state index contributed by atoms with van der Waals surface area (Å²) in [5, 5.41) is 1.83. The summed E-state index contributed by atoms with van der Waals surface area (Å²) < 4.78 is 5.06.